The van der Waals surface area contributed by atoms with Gasteiger partial charge in [-0.15, -0.1) is 0 Å². The molecule has 0 amide bonds. The van der Waals surface area contributed by atoms with E-state index in [1.165, 1.54) is 0 Å². The number of ether oxygens (including phenoxy) is 2. The summed E-state index contributed by atoms with van der Waals surface area (Å²) in [6.45, 7) is 4.62. The van der Waals surface area contributed by atoms with Crippen molar-refractivity contribution in [1.82, 2.24) is 0 Å². The summed E-state index contributed by atoms with van der Waals surface area (Å²) >= 11 is 0. The van der Waals surface area contributed by atoms with Crippen LogP contribution in [-0.2, 0) is 19.1 Å². The second-order valence-corrected chi connectivity index (χ2v) is 11.8. The number of ketones is 1. The van der Waals surface area contributed by atoms with Crippen molar-refractivity contribution >= 4 is 11.8 Å². The van der Waals surface area contributed by atoms with Crippen LogP contribution in [0, 0.1) is 34.5 Å². The van der Waals surface area contributed by atoms with E-state index in [1.54, 1.807) is 0 Å². The van der Waals surface area contributed by atoms with E-state index in [0.29, 0.717) is 29.5 Å². The second kappa shape index (κ2) is 8.26. The third kappa shape index (κ3) is 3.59. The normalized spacial score (nSPS) is 54.3. The van der Waals surface area contributed by atoms with E-state index in [4.69, 9.17) is 9.47 Å². The SMILES string of the molecule is C[C@@]12CC[C@H](O[C@H]3O[C@@H](C(=O)O)[C@H](O)[C@@H](O)[C@@H]3O)C[C@@H]1CC[C@H]1[C@H]2CC[C@@]2(C)C(=O)CC[C@H]12. The molecule has 0 unspecified atom stereocenters. The molecule has 12 atom stereocenters. The molecular formula is C25H38O8. The zero-order valence-corrected chi connectivity index (χ0v) is 19.6. The lowest BCUT2D eigenvalue weighted by Crippen LogP contribution is -2.61. The van der Waals surface area contributed by atoms with Gasteiger partial charge in [-0.2, -0.15) is 0 Å². The Hall–Kier alpha value is -1.06. The molecule has 4 N–H and O–H groups in total. The lowest BCUT2D eigenvalue weighted by atomic mass is 9.45. The second-order valence-electron chi connectivity index (χ2n) is 11.8. The Balaban J connectivity index is 1.26. The quantitative estimate of drug-likeness (QED) is 0.463. The molecule has 5 fully saturated rings. The van der Waals surface area contributed by atoms with Gasteiger partial charge in [0.1, 0.15) is 24.1 Å². The highest BCUT2D eigenvalue weighted by molar-refractivity contribution is 5.87. The van der Waals surface area contributed by atoms with E-state index in [1.807, 2.05) is 0 Å². The largest absolute Gasteiger partial charge is 0.479 e. The molecule has 33 heavy (non-hydrogen) atoms. The minimum atomic E-state index is -1.71. The van der Waals surface area contributed by atoms with Crippen LogP contribution < -0.4 is 0 Å². The smallest absolute Gasteiger partial charge is 0.335 e. The van der Waals surface area contributed by atoms with Gasteiger partial charge in [-0.3, -0.25) is 4.79 Å². The fraction of sp³-hybridized carbons (Fsp3) is 0.920. The lowest BCUT2D eigenvalue weighted by Gasteiger charge is -2.60. The zero-order chi connectivity index (χ0) is 23.7. The van der Waals surface area contributed by atoms with Crippen LogP contribution >= 0.6 is 0 Å². The first-order valence-electron chi connectivity index (χ1n) is 12.7. The molecule has 0 aromatic carbocycles. The Morgan fingerprint density at radius 1 is 0.970 bits per heavy atom. The maximum atomic E-state index is 12.6. The van der Waals surface area contributed by atoms with Crippen molar-refractivity contribution in [2.24, 2.45) is 34.5 Å². The van der Waals surface area contributed by atoms with E-state index in [2.05, 4.69) is 13.8 Å². The van der Waals surface area contributed by atoms with Crippen LogP contribution in [0.2, 0.25) is 0 Å². The predicted octanol–water partition coefficient (Wildman–Crippen LogP) is 1.88. The Kier molecular flexibility index (Phi) is 5.93. The van der Waals surface area contributed by atoms with Gasteiger partial charge in [-0.05, 0) is 80.5 Å². The van der Waals surface area contributed by atoms with Gasteiger partial charge in [-0.25, -0.2) is 4.79 Å². The molecule has 1 saturated heterocycles. The number of hydrogen-bond donors (Lipinski definition) is 4. The third-order valence-corrected chi connectivity index (χ3v) is 10.5. The molecule has 5 aliphatic rings. The molecular weight excluding hydrogens is 428 g/mol. The Bertz CT molecular complexity index is 801. The molecule has 1 aliphatic heterocycles. The van der Waals surface area contributed by atoms with Gasteiger partial charge >= 0.3 is 5.97 Å². The van der Waals surface area contributed by atoms with Crippen molar-refractivity contribution in [3.63, 3.8) is 0 Å². The number of carbonyl (C=O) groups excluding carboxylic acids is 1. The lowest BCUT2D eigenvalue weighted by molar-refractivity contribution is -0.309. The number of carboxylic acid groups (broad SMARTS) is 1. The molecule has 4 saturated carbocycles. The topological polar surface area (TPSA) is 134 Å². The summed E-state index contributed by atoms with van der Waals surface area (Å²) in [7, 11) is 0. The first-order valence-corrected chi connectivity index (χ1v) is 12.7. The summed E-state index contributed by atoms with van der Waals surface area (Å²) in [6.07, 6.45) is 0.719. The monoisotopic (exact) mass is 466 g/mol. The Morgan fingerprint density at radius 3 is 2.45 bits per heavy atom. The number of Topliss-reactive ketones (excluding diaryl/α,β-unsaturated/α-hetero) is 1. The van der Waals surface area contributed by atoms with Crippen LogP contribution in [0.15, 0.2) is 0 Å². The Morgan fingerprint density at radius 2 is 1.73 bits per heavy atom. The van der Waals surface area contributed by atoms with Gasteiger partial charge in [0.05, 0.1) is 6.10 Å². The highest BCUT2D eigenvalue weighted by Crippen LogP contribution is 2.65. The summed E-state index contributed by atoms with van der Waals surface area (Å²) in [5.41, 5.74) is 0.0757. The highest BCUT2D eigenvalue weighted by atomic mass is 16.7. The maximum absolute atomic E-state index is 12.6. The maximum Gasteiger partial charge on any atom is 0.335 e. The number of aliphatic hydroxyl groups excluding tert-OH is 3. The van der Waals surface area contributed by atoms with E-state index >= 15 is 0 Å². The van der Waals surface area contributed by atoms with Crippen LogP contribution in [0.3, 0.4) is 0 Å². The van der Waals surface area contributed by atoms with Crippen molar-refractivity contribution in [3.05, 3.63) is 0 Å². The standard InChI is InChI=1S/C25H38O8/c1-24-9-7-13(32-23-20(29)18(27)19(28)21(33-23)22(30)31)11-12(24)3-4-14-15-5-6-17(26)25(15,2)10-8-16(14)24/h12-16,18-21,23,27-29H,3-11H2,1-2H3,(H,30,31)/t12-,13-,14+,15+,16+,18+,19+,20-,21+,23-,24+,25+/m0/s1. The molecule has 5 rings (SSSR count). The van der Waals surface area contributed by atoms with Gasteiger partial charge in [0.15, 0.2) is 12.4 Å². The van der Waals surface area contributed by atoms with Gasteiger partial charge in [-0.1, -0.05) is 13.8 Å². The first kappa shape index (κ1) is 23.7. The number of aliphatic hydroxyl groups is 3. The summed E-state index contributed by atoms with van der Waals surface area (Å²) < 4.78 is 11.4. The average molecular weight is 467 g/mol. The van der Waals surface area contributed by atoms with Crippen molar-refractivity contribution in [2.75, 3.05) is 0 Å². The third-order valence-electron chi connectivity index (χ3n) is 10.5. The number of aliphatic carboxylic acids is 1. The summed E-state index contributed by atoms with van der Waals surface area (Å²) in [6, 6.07) is 0. The van der Waals surface area contributed by atoms with E-state index in [9.17, 15) is 30.0 Å². The Labute approximate surface area is 194 Å². The van der Waals surface area contributed by atoms with Crippen molar-refractivity contribution in [3.8, 4) is 0 Å². The molecule has 0 aromatic rings. The summed E-state index contributed by atoms with van der Waals surface area (Å²) in [5.74, 6) is 1.28. The van der Waals surface area contributed by atoms with Crippen LogP contribution in [0.25, 0.3) is 0 Å². The fourth-order valence-corrected chi connectivity index (χ4v) is 8.47. The van der Waals surface area contributed by atoms with Gasteiger partial charge in [0, 0.05) is 11.8 Å². The minimum absolute atomic E-state index is 0.120. The van der Waals surface area contributed by atoms with Crippen LogP contribution in [0.4, 0.5) is 0 Å². The summed E-state index contributed by atoms with van der Waals surface area (Å²) in [4.78, 5) is 24.0. The van der Waals surface area contributed by atoms with Crippen LogP contribution in [0.5, 0.6) is 0 Å². The predicted molar refractivity (Wildman–Crippen MR) is 116 cm³/mol. The molecule has 0 aromatic heterocycles. The molecule has 0 radical (unpaired) electrons. The number of carbonyl (C=O) groups is 2. The fourth-order valence-electron chi connectivity index (χ4n) is 8.47. The number of carboxylic acids is 1. The van der Waals surface area contributed by atoms with Crippen LogP contribution in [-0.4, -0.2) is 69.0 Å². The molecule has 8 nitrogen and oxygen atoms in total. The van der Waals surface area contributed by atoms with Crippen molar-refractivity contribution in [1.29, 1.82) is 0 Å². The van der Waals surface area contributed by atoms with E-state index in [0.717, 1.165) is 57.8 Å². The van der Waals surface area contributed by atoms with Crippen molar-refractivity contribution < 1.29 is 39.5 Å². The molecule has 186 valence electrons. The van der Waals surface area contributed by atoms with Gasteiger partial charge < -0.3 is 29.9 Å². The minimum Gasteiger partial charge on any atom is -0.479 e. The number of rotatable bonds is 3. The summed E-state index contributed by atoms with van der Waals surface area (Å²) in [5, 5.41) is 39.6. The zero-order valence-electron chi connectivity index (χ0n) is 19.6. The molecule has 4 aliphatic carbocycles. The number of fused-ring (bicyclic) bond motifs is 5. The van der Waals surface area contributed by atoms with E-state index < -0.39 is 36.7 Å². The highest BCUT2D eigenvalue weighted by Gasteiger charge is 2.60. The number of hydrogen-bond acceptors (Lipinski definition) is 7. The molecule has 1 heterocycles. The van der Waals surface area contributed by atoms with Gasteiger partial charge in [0.2, 0.25) is 0 Å². The molecule has 0 spiro atoms. The average Bonchev–Trinajstić information content (AvgIpc) is 3.08. The molecule has 0 bridgehead atoms. The first-order chi connectivity index (χ1) is 15.6. The van der Waals surface area contributed by atoms with Gasteiger partial charge in [0.25, 0.3) is 0 Å². The van der Waals surface area contributed by atoms with E-state index in [-0.39, 0.29) is 16.9 Å². The molecule has 8 heteroatoms. The van der Waals surface area contributed by atoms with Crippen LogP contribution in [0.1, 0.15) is 71.6 Å². The van der Waals surface area contributed by atoms with Crippen molar-refractivity contribution in [2.45, 2.75) is 108 Å².